The van der Waals surface area contributed by atoms with Crippen LogP contribution in [0.2, 0.25) is 0 Å². The fraction of sp³-hybridized carbons (Fsp3) is 0.250. The van der Waals surface area contributed by atoms with Crippen LogP contribution in [0, 0.1) is 0 Å². The van der Waals surface area contributed by atoms with Gasteiger partial charge in [-0.25, -0.2) is 0 Å². The van der Waals surface area contributed by atoms with Gasteiger partial charge in [-0.15, -0.1) is 12.6 Å². The summed E-state index contributed by atoms with van der Waals surface area (Å²) in [4.78, 5) is 21.5. The zero-order chi connectivity index (χ0) is 30.2. The summed E-state index contributed by atoms with van der Waals surface area (Å²) < 4.78 is 33.3. The van der Waals surface area contributed by atoms with Gasteiger partial charge in [-0.1, -0.05) is 68.8 Å². The van der Waals surface area contributed by atoms with Gasteiger partial charge in [0.1, 0.15) is 11.5 Å². The molecule has 3 aromatic rings. The molecule has 0 amide bonds. The van der Waals surface area contributed by atoms with Crippen LogP contribution < -0.4 is 15.6 Å². The quantitative estimate of drug-likeness (QED) is 0.0963. The molecule has 4 N–H and O–H groups in total. The molecule has 40 heavy (non-hydrogen) atoms. The van der Waals surface area contributed by atoms with Gasteiger partial charge in [0.05, 0.1) is 0 Å². The number of benzene rings is 3. The molecule has 3 aromatic carbocycles. The van der Waals surface area contributed by atoms with Gasteiger partial charge in [-0.05, 0) is 61.6 Å². The minimum atomic E-state index is -2.36. The molecular formula is C28H35N2O7S3-. The predicted molar refractivity (Wildman–Crippen MR) is 164 cm³/mol. The molecule has 0 spiro atoms. The Balaban J connectivity index is 0.000000689. The van der Waals surface area contributed by atoms with Crippen LogP contribution in [0.3, 0.4) is 0 Å². The average molecular weight is 608 g/mol. The Kier molecular flexibility index (Phi) is 21.9. The van der Waals surface area contributed by atoms with Crippen molar-refractivity contribution in [2.45, 2.75) is 33.1 Å². The number of thiocarbonyl (C=S) groups is 1. The number of carbonyl (C=O) groups is 2. The molecule has 0 heterocycles. The lowest BCUT2D eigenvalue weighted by Gasteiger charge is -2.09. The Morgan fingerprint density at radius 1 is 0.875 bits per heavy atom. The molecule has 0 saturated carbocycles. The molecule has 0 fully saturated rings. The fourth-order valence-corrected chi connectivity index (χ4v) is 2.74. The van der Waals surface area contributed by atoms with E-state index in [1.54, 1.807) is 43.3 Å². The van der Waals surface area contributed by atoms with Crippen molar-refractivity contribution >= 4 is 52.2 Å². The topological polar surface area (TPSA) is 154 Å². The number of unbranched alkanes of at least 4 members (excludes halogenated alkanes) is 1. The maximum atomic E-state index is 11.0. The highest BCUT2D eigenvalue weighted by Crippen LogP contribution is 2.21. The first-order valence-corrected chi connectivity index (χ1v) is 14.1. The molecule has 1 atom stereocenters. The second kappa shape index (κ2) is 23.7. The highest BCUT2D eigenvalue weighted by Gasteiger charge is 2.05. The first-order chi connectivity index (χ1) is 19.1. The number of hydrogen-bond acceptors (Lipinski definition) is 9. The van der Waals surface area contributed by atoms with Crippen LogP contribution >= 0.6 is 24.8 Å². The van der Waals surface area contributed by atoms with Crippen molar-refractivity contribution < 1.29 is 32.6 Å². The number of carbonyl (C=O) groups excluding carboxylic acids is 2. The van der Waals surface area contributed by atoms with Crippen LogP contribution in [0.4, 0.5) is 0 Å². The number of nitrogens with two attached hydrogens (primary N) is 2. The lowest BCUT2D eigenvalue weighted by molar-refractivity contribution is -0.150. The monoisotopic (exact) mass is 607 g/mol. The summed E-state index contributed by atoms with van der Waals surface area (Å²) in [6.07, 6.45) is 2.69. The molecule has 1 unspecified atom stereocenters. The summed E-state index contributed by atoms with van der Waals surface area (Å²) in [7, 11) is 0. The Morgan fingerprint density at radius 3 is 1.77 bits per heavy atom. The molecule has 218 valence electrons. The normalized spacial score (nSPS) is 10.1. The van der Waals surface area contributed by atoms with Crippen molar-refractivity contribution in [3.05, 3.63) is 96.1 Å². The minimum absolute atomic E-state index is 0.173. The average Bonchev–Trinajstić information content (AvgIpc) is 2.95. The van der Waals surface area contributed by atoms with Gasteiger partial charge < -0.3 is 24.5 Å². The summed E-state index contributed by atoms with van der Waals surface area (Å²) >= 11 is 6.42. The summed E-state index contributed by atoms with van der Waals surface area (Å²) in [6.45, 7) is 4.52. The SMILES string of the molecule is CCC(=O)OCOC(=S)c1ccc(Oc2ccccc2)cc1.CCCCN.NS(=O)[O-].O=C(S)c1ccccc1. The van der Waals surface area contributed by atoms with E-state index < -0.39 is 11.3 Å². The zero-order valence-corrected chi connectivity index (χ0v) is 24.9. The highest BCUT2D eigenvalue weighted by molar-refractivity contribution is 7.97. The van der Waals surface area contributed by atoms with Crippen LogP contribution in [0.15, 0.2) is 84.9 Å². The van der Waals surface area contributed by atoms with E-state index in [0.29, 0.717) is 17.7 Å². The Morgan fingerprint density at radius 2 is 1.38 bits per heavy atom. The van der Waals surface area contributed by atoms with Crippen LogP contribution in [0.1, 0.15) is 49.0 Å². The van der Waals surface area contributed by atoms with Crippen molar-refractivity contribution in [1.82, 2.24) is 0 Å². The van der Waals surface area contributed by atoms with E-state index >= 15 is 0 Å². The van der Waals surface area contributed by atoms with Crippen molar-refractivity contribution in [2.75, 3.05) is 13.3 Å². The second-order valence-electron chi connectivity index (χ2n) is 7.43. The number of ether oxygens (including phenoxy) is 3. The molecule has 0 bridgehead atoms. The van der Waals surface area contributed by atoms with E-state index in [4.69, 9.17) is 40.9 Å². The van der Waals surface area contributed by atoms with Gasteiger partial charge in [0.2, 0.25) is 11.9 Å². The maximum absolute atomic E-state index is 11.0. The van der Waals surface area contributed by atoms with Crippen LogP contribution in [0.5, 0.6) is 11.5 Å². The van der Waals surface area contributed by atoms with Crippen molar-refractivity contribution in [3.8, 4) is 11.5 Å². The van der Waals surface area contributed by atoms with Crippen molar-refractivity contribution in [3.63, 3.8) is 0 Å². The van der Waals surface area contributed by atoms with Gasteiger partial charge >= 0.3 is 5.97 Å². The van der Waals surface area contributed by atoms with E-state index in [-0.39, 0.29) is 22.9 Å². The van der Waals surface area contributed by atoms with Crippen LogP contribution in [-0.2, 0) is 25.5 Å². The Hall–Kier alpha value is -3.13. The molecule has 0 aliphatic rings. The van der Waals surface area contributed by atoms with E-state index in [1.165, 1.54) is 12.8 Å². The lowest BCUT2D eigenvalue weighted by Crippen LogP contribution is -2.11. The van der Waals surface area contributed by atoms with Gasteiger partial charge in [-0.2, -0.15) is 0 Å². The van der Waals surface area contributed by atoms with E-state index in [2.05, 4.69) is 24.7 Å². The second-order valence-corrected chi connectivity index (χ2v) is 8.73. The third-order valence-electron chi connectivity index (χ3n) is 4.35. The number of esters is 1. The Labute approximate surface area is 249 Å². The van der Waals surface area contributed by atoms with Gasteiger partial charge in [0.15, 0.2) is 5.05 Å². The third kappa shape index (κ3) is 19.9. The van der Waals surface area contributed by atoms with Crippen LogP contribution in [-0.4, -0.2) is 38.2 Å². The molecule has 0 aromatic heterocycles. The minimum Gasteiger partial charge on any atom is -0.760 e. The van der Waals surface area contributed by atoms with Gasteiger partial charge in [0, 0.05) is 28.8 Å². The predicted octanol–water partition coefficient (Wildman–Crippen LogP) is 5.32. The molecule has 0 saturated heterocycles. The highest BCUT2D eigenvalue weighted by atomic mass is 32.2. The summed E-state index contributed by atoms with van der Waals surface area (Å²) in [6, 6.07) is 25.6. The molecule has 9 nitrogen and oxygen atoms in total. The molecule has 0 aliphatic carbocycles. The maximum Gasteiger partial charge on any atom is 0.308 e. The zero-order valence-electron chi connectivity index (χ0n) is 22.4. The van der Waals surface area contributed by atoms with Gasteiger partial charge in [0.25, 0.3) is 0 Å². The summed E-state index contributed by atoms with van der Waals surface area (Å²) in [5.41, 5.74) is 6.50. The standard InChI is InChI=1S/C17H16O4S.C7H6OS.C4H11N.H3NO2S/c1-2-16(18)19-12-20-17(22)13-8-10-15(11-9-13)21-14-6-4-3-5-7-14;8-7(9)6-4-2-1-3-5-6;1-2-3-4-5;1-4(2)3/h3-11H,2,12H2,1H3;1-5H,(H,8,9);2-5H2,1H3;1H2,(H,2,3)/p-1. The largest absolute Gasteiger partial charge is 0.760 e. The van der Waals surface area contributed by atoms with E-state index in [9.17, 15) is 9.59 Å². The molecule has 12 heteroatoms. The molecule has 3 rings (SSSR count). The van der Waals surface area contributed by atoms with Crippen molar-refractivity contribution in [2.24, 2.45) is 10.9 Å². The molecule has 0 aliphatic heterocycles. The van der Waals surface area contributed by atoms with E-state index in [1.807, 2.05) is 48.5 Å². The number of hydrogen-bond donors (Lipinski definition) is 3. The lowest BCUT2D eigenvalue weighted by atomic mass is 10.2. The van der Waals surface area contributed by atoms with Crippen LogP contribution in [0.25, 0.3) is 0 Å². The summed E-state index contributed by atoms with van der Waals surface area (Å²) in [5, 5.41) is 4.12. The van der Waals surface area contributed by atoms with E-state index in [0.717, 1.165) is 17.9 Å². The fourth-order valence-electron chi connectivity index (χ4n) is 2.40. The smallest absolute Gasteiger partial charge is 0.308 e. The van der Waals surface area contributed by atoms with Crippen molar-refractivity contribution in [1.29, 1.82) is 0 Å². The number of para-hydroxylation sites is 1. The summed E-state index contributed by atoms with van der Waals surface area (Å²) in [5.74, 6) is 1.14. The number of thiol groups is 1. The number of rotatable bonds is 9. The molecular weight excluding hydrogens is 573 g/mol. The Bertz CT molecular complexity index is 1130. The first-order valence-electron chi connectivity index (χ1n) is 12.1. The third-order valence-corrected chi connectivity index (χ3v) is 4.96. The van der Waals surface area contributed by atoms with Gasteiger partial charge in [-0.3, -0.25) is 18.9 Å². The first kappa shape index (κ1) is 36.9. The molecule has 0 radical (unpaired) electrons.